The molecule has 0 spiro atoms. The van der Waals surface area contributed by atoms with Crippen molar-refractivity contribution in [2.45, 2.75) is 19.3 Å². The molecule has 0 fully saturated rings. The molecule has 0 N–H and O–H groups in total. The van der Waals surface area contributed by atoms with Gasteiger partial charge in [-0.1, -0.05) is 184 Å². The van der Waals surface area contributed by atoms with Gasteiger partial charge in [0.05, 0.1) is 22.6 Å². The molecular weight excluding hydrogens is 705 g/mol. The van der Waals surface area contributed by atoms with E-state index in [2.05, 4.69) is 206 Å². The van der Waals surface area contributed by atoms with Crippen LogP contribution >= 0.6 is 0 Å². The van der Waals surface area contributed by atoms with Gasteiger partial charge in [-0.25, -0.2) is 14.5 Å². The number of hydrogen-bond acceptors (Lipinski definition) is 3. The van der Waals surface area contributed by atoms with E-state index in [1.165, 1.54) is 22.3 Å². The molecule has 0 radical (unpaired) electrons. The highest BCUT2D eigenvalue weighted by atomic mass is 15.2. The van der Waals surface area contributed by atoms with Gasteiger partial charge >= 0.3 is 0 Å². The van der Waals surface area contributed by atoms with Gasteiger partial charge in [-0.05, 0) is 57.5 Å². The van der Waals surface area contributed by atoms with Crippen LogP contribution in [0.3, 0.4) is 0 Å². The van der Waals surface area contributed by atoms with E-state index in [1.54, 1.807) is 0 Å². The summed E-state index contributed by atoms with van der Waals surface area (Å²) in [5.74, 6) is 0.675. The lowest BCUT2D eigenvalue weighted by Gasteiger charge is -2.22. The Morgan fingerprint density at radius 1 is 0.431 bits per heavy atom. The summed E-state index contributed by atoms with van der Waals surface area (Å²) >= 11 is 0. The largest absolute Gasteiger partial charge is 0.231 e. The fourth-order valence-electron chi connectivity index (χ4n) is 8.93. The van der Waals surface area contributed by atoms with E-state index in [-0.39, 0.29) is 5.41 Å². The van der Waals surface area contributed by atoms with E-state index in [0.29, 0.717) is 5.82 Å². The van der Waals surface area contributed by atoms with E-state index in [0.717, 1.165) is 78.0 Å². The molecule has 0 saturated heterocycles. The van der Waals surface area contributed by atoms with Gasteiger partial charge < -0.3 is 0 Å². The van der Waals surface area contributed by atoms with E-state index < -0.39 is 0 Å². The Labute approximate surface area is 337 Å². The van der Waals surface area contributed by atoms with Crippen LogP contribution in [0.2, 0.25) is 0 Å². The molecule has 10 aromatic rings. The van der Waals surface area contributed by atoms with Crippen LogP contribution in [0.5, 0.6) is 0 Å². The second-order valence-corrected chi connectivity index (χ2v) is 15.7. The second-order valence-electron chi connectivity index (χ2n) is 15.7. The molecule has 4 heteroatoms. The number of pyridine rings is 1. The van der Waals surface area contributed by atoms with Gasteiger partial charge in [0, 0.05) is 44.2 Å². The van der Waals surface area contributed by atoms with E-state index in [4.69, 9.17) is 15.1 Å². The number of rotatable bonds is 6. The van der Waals surface area contributed by atoms with Gasteiger partial charge in [-0.2, -0.15) is 5.10 Å². The van der Waals surface area contributed by atoms with Crippen molar-refractivity contribution in [1.82, 2.24) is 19.6 Å². The molecule has 3 aromatic heterocycles. The second kappa shape index (κ2) is 13.4. The highest BCUT2D eigenvalue weighted by molar-refractivity contribution is 6.08. The molecule has 274 valence electrons. The summed E-state index contributed by atoms with van der Waals surface area (Å²) in [7, 11) is 0. The minimum absolute atomic E-state index is 0.121. The Morgan fingerprint density at radius 3 is 1.81 bits per heavy atom. The maximum Gasteiger partial charge on any atom is 0.160 e. The Balaban J connectivity index is 1.13. The predicted molar refractivity (Wildman–Crippen MR) is 238 cm³/mol. The van der Waals surface area contributed by atoms with Crippen molar-refractivity contribution in [2.24, 2.45) is 0 Å². The average molecular weight is 743 g/mol. The molecule has 0 saturated carbocycles. The summed E-state index contributed by atoms with van der Waals surface area (Å²) in [6, 6.07) is 68.8. The third-order valence-electron chi connectivity index (χ3n) is 11.8. The summed E-state index contributed by atoms with van der Waals surface area (Å²) in [5, 5.41) is 7.74. The molecule has 0 aliphatic heterocycles. The minimum atomic E-state index is -0.121. The third-order valence-corrected chi connectivity index (χ3v) is 11.8. The van der Waals surface area contributed by atoms with Crippen LogP contribution in [0.1, 0.15) is 25.0 Å². The Hall–Kier alpha value is -7.43. The zero-order chi connectivity index (χ0) is 38.8. The maximum absolute atomic E-state index is 5.44. The molecule has 0 atom stereocenters. The molecule has 0 bridgehead atoms. The third kappa shape index (κ3) is 5.48. The van der Waals surface area contributed by atoms with Crippen molar-refractivity contribution in [3.8, 4) is 78.7 Å². The summed E-state index contributed by atoms with van der Waals surface area (Å²) in [6.45, 7) is 4.65. The van der Waals surface area contributed by atoms with Gasteiger partial charge in [0.1, 0.15) is 5.69 Å². The molecule has 0 amide bonds. The Morgan fingerprint density at radius 2 is 1.03 bits per heavy atom. The topological polar surface area (TPSA) is 43.1 Å². The van der Waals surface area contributed by atoms with Crippen molar-refractivity contribution in [3.05, 3.63) is 205 Å². The molecule has 1 aliphatic rings. The SMILES string of the molecule is CC1(C)c2ccccc2-c2ccc(-c3cc(-c4ccccc4)nc(-c4cccc(-c5c(-c6ccccc6)nn6c(-c7ccccc7)cc7ccccc7c56)c4)n3)cc21. The van der Waals surface area contributed by atoms with Crippen LogP contribution < -0.4 is 0 Å². The Bertz CT molecular complexity index is 3180. The van der Waals surface area contributed by atoms with Gasteiger partial charge in [0.25, 0.3) is 0 Å². The zero-order valence-electron chi connectivity index (χ0n) is 32.3. The molecule has 58 heavy (non-hydrogen) atoms. The quantitative estimate of drug-likeness (QED) is 0.170. The number of benzene rings is 7. The first kappa shape index (κ1) is 33.9. The van der Waals surface area contributed by atoms with Crippen LogP contribution in [0.15, 0.2) is 194 Å². The van der Waals surface area contributed by atoms with Crippen molar-refractivity contribution in [3.63, 3.8) is 0 Å². The van der Waals surface area contributed by atoms with Gasteiger partial charge in [0.15, 0.2) is 5.82 Å². The number of aromatic nitrogens is 4. The summed E-state index contributed by atoms with van der Waals surface area (Å²) < 4.78 is 2.14. The molecule has 3 heterocycles. The smallest absolute Gasteiger partial charge is 0.160 e. The lowest BCUT2D eigenvalue weighted by Crippen LogP contribution is -2.14. The normalized spacial score (nSPS) is 12.8. The number of hydrogen-bond donors (Lipinski definition) is 0. The van der Waals surface area contributed by atoms with E-state index >= 15 is 0 Å². The molecule has 7 aromatic carbocycles. The molecule has 4 nitrogen and oxygen atoms in total. The number of fused-ring (bicyclic) bond motifs is 6. The minimum Gasteiger partial charge on any atom is -0.231 e. The first-order valence-corrected chi connectivity index (χ1v) is 19.9. The molecule has 1 aliphatic carbocycles. The van der Waals surface area contributed by atoms with Crippen molar-refractivity contribution < 1.29 is 0 Å². The first-order chi connectivity index (χ1) is 28.5. The Kier molecular flexibility index (Phi) is 7.80. The average Bonchev–Trinajstić information content (AvgIpc) is 3.80. The lowest BCUT2D eigenvalue weighted by atomic mass is 9.82. The number of nitrogens with zero attached hydrogens (tertiary/aromatic N) is 4. The van der Waals surface area contributed by atoms with Crippen LogP contribution in [0, 0.1) is 0 Å². The monoisotopic (exact) mass is 742 g/mol. The highest BCUT2D eigenvalue weighted by Gasteiger charge is 2.35. The highest BCUT2D eigenvalue weighted by Crippen LogP contribution is 2.49. The summed E-state index contributed by atoms with van der Waals surface area (Å²) in [5.41, 5.74) is 17.3. The summed E-state index contributed by atoms with van der Waals surface area (Å²) in [4.78, 5) is 10.6. The fourth-order valence-corrected chi connectivity index (χ4v) is 8.93. The van der Waals surface area contributed by atoms with Gasteiger partial charge in [-0.3, -0.25) is 0 Å². The first-order valence-electron chi connectivity index (χ1n) is 19.9. The standard InChI is InChI=1S/C54H38N4/c1-54(2)45-28-15-14-27-43(45)44-30-29-39(32-46(44)54)48-34-47(35-17-6-3-7-18-35)55-53(56-48)41-25-16-24-40(31-41)50-51(37-21-10-5-11-22-37)57-58-49(36-19-8-4-9-20-36)33-38-23-12-13-26-42(38)52(50)58/h3-34H,1-2H3. The predicted octanol–water partition coefficient (Wildman–Crippen LogP) is 13.6. The zero-order valence-corrected chi connectivity index (χ0v) is 32.3. The van der Waals surface area contributed by atoms with Gasteiger partial charge in [-0.15, -0.1) is 0 Å². The van der Waals surface area contributed by atoms with E-state index in [1.807, 2.05) is 6.07 Å². The molecule has 11 rings (SSSR count). The van der Waals surface area contributed by atoms with Crippen LogP contribution in [0.25, 0.3) is 95.0 Å². The van der Waals surface area contributed by atoms with Crippen molar-refractivity contribution in [2.75, 3.05) is 0 Å². The maximum atomic E-state index is 5.44. The molecular formula is C54H38N4. The van der Waals surface area contributed by atoms with Crippen molar-refractivity contribution >= 4 is 16.3 Å². The molecule has 0 unspecified atom stereocenters. The van der Waals surface area contributed by atoms with Crippen LogP contribution in [0.4, 0.5) is 0 Å². The fraction of sp³-hybridized carbons (Fsp3) is 0.0556. The van der Waals surface area contributed by atoms with Crippen molar-refractivity contribution in [1.29, 1.82) is 0 Å². The van der Waals surface area contributed by atoms with Gasteiger partial charge in [0.2, 0.25) is 0 Å². The lowest BCUT2D eigenvalue weighted by molar-refractivity contribution is 0.660. The van der Waals surface area contributed by atoms with Crippen LogP contribution in [-0.2, 0) is 5.41 Å². The van der Waals surface area contributed by atoms with E-state index in [9.17, 15) is 0 Å². The summed E-state index contributed by atoms with van der Waals surface area (Å²) in [6.07, 6.45) is 0. The van der Waals surface area contributed by atoms with Crippen LogP contribution in [-0.4, -0.2) is 19.6 Å².